The van der Waals surface area contributed by atoms with Gasteiger partial charge in [0, 0.05) is 18.4 Å². The van der Waals surface area contributed by atoms with E-state index in [0.717, 1.165) is 5.92 Å². The van der Waals surface area contributed by atoms with E-state index in [0.29, 0.717) is 6.04 Å². The smallest absolute Gasteiger partial charge is 0.0366 e. The van der Waals surface area contributed by atoms with Crippen molar-refractivity contribution in [3.8, 4) is 0 Å². The number of pyridine rings is 1. The van der Waals surface area contributed by atoms with E-state index in [2.05, 4.69) is 22.0 Å². The highest BCUT2D eigenvalue weighted by Crippen LogP contribution is 2.39. The SMILES string of the molecule is Cl.Cl.c1cncc(C2CC3CCN2CC3)c1. The lowest BCUT2D eigenvalue weighted by Gasteiger charge is -2.45. The van der Waals surface area contributed by atoms with Crippen molar-refractivity contribution < 1.29 is 0 Å². The molecule has 0 saturated carbocycles. The monoisotopic (exact) mass is 260 g/mol. The Balaban J connectivity index is 0.000000640. The summed E-state index contributed by atoms with van der Waals surface area (Å²) in [5.74, 6) is 0.977. The molecule has 2 bridgehead atoms. The van der Waals surface area contributed by atoms with Crippen molar-refractivity contribution in [2.75, 3.05) is 13.1 Å². The zero-order valence-electron chi connectivity index (χ0n) is 9.21. The standard InChI is InChI=1S/C12H16N2.2ClH/c1-2-11(9-13-5-1)12-8-10-3-6-14(12)7-4-10;;/h1-2,5,9-10,12H,3-4,6-8H2;2*1H. The zero-order valence-corrected chi connectivity index (χ0v) is 10.8. The van der Waals surface area contributed by atoms with Gasteiger partial charge in [-0.2, -0.15) is 0 Å². The van der Waals surface area contributed by atoms with Crippen molar-refractivity contribution in [3.63, 3.8) is 0 Å². The van der Waals surface area contributed by atoms with Gasteiger partial charge >= 0.3 is 0 Å². The summed E-state index contributed by atoms with van der Waals surface area (Å²) in [6, 6.07) is 4.94. The Hall–Kier alpha value is -0.310. The molecule has 1 aromatic rings. The summed E-state index contributed by atoms with van der Waals surface area (Å²) in [6.07, 6.45) is 8.07. The van der Waals surface area contributed by atoms with E-state index in [-0.39, 0.29) is 24.8 Å². The summed E-state index contributed by atoms with van der Waals surface area (Å²) in [4.78, 5) is 6.84. The van der Waals surface area contributed by atoms with Gasteiger partial charge in [-0.1, -0.05) is 6.07 Å². The van der Waals surface area contributed by atoms with Crippen LogP contribution in [0.4, 0.5) is 0 Å². The second kappa shape index (κ2) is 5.85. The van der Waals surface area contributed by atoms with Gasteiger partial charge < -0.3 is 0 Å². The van der Waals surface area contributed by atoms with Crippen LogP contribution < -0.4 is 0 Å². The van der Waals surface area contributed by atoms with E-state index in [4.69, 9.17) is 0 Å². The molecule has 0 radical (unpaired) electrons. The van der Waals surface area contributed by atoms with Crippen LogP contribution in [-0.4, -0.2) is 23.0 Å². The van der Waals surface area contributed by atoms with Crippen molar-refractivity contribution in [3.05, 3.63) is 30.1 Å². The normalized spacial score (nSPS) is 31.4. The van der Waals surface area contributed by atoms with Crippen molar-refractivity contribution in [1.82, 2.24) is 9.88 Å². The van der Waals surface area contributed by atoms with Gasteiger partial charge in [0.15, 0.2) is 0 Å². The Kier molecular flexibility index (Phi) is 5.03. The summed E-state index contributed by atoms with van der Waals surface area (Å²) in [7, 11) is 0. The van der Waals surface area contributed by atoms with Gasteiger partial charge in [0.05, 0.1) is 0 Å². The van der Waals surface area contributed by atoms with E-state index in [1.54, 1.807) is 0 Å². The molecule has 3 aliphatic heterocycles. The third kappa shape index (κ3) is 2.50. The molecular formula is C12H18Cl2N2. The van der Waals surface area contributed by atoms with Gasteiger partial charge in [0.1, 0.15) is 0 Å². The molecule has 0 aliphatic carbocycles. The lowest BCUT2D eigenvalue weighted by atomic mass is 9.81. The van der Waals surface area contributed by atoms with Crippen LogP contribution in [0, 0.1) is 5.92 Å². The fourth-order valence-corrected chi connectivity index (χ4v) is 2.89. The highest BCUT2D eigenvalue weighted by molar-refractivity contribution is 5.85. The van der Waals surface area contributed by atoms with Crippen LogP contribution in [-0.2, 0) is 0 Å². The third-order valence-electron chi connectivity index (χ3n) is 3.72. The maximum atomic E-state index is 4.22. The van der Waals surface area contributed by atoms with Gasteiger partial charge in [-0.25, -0.2) is 0 Å². The predicted molar refractivity (Wildman–Crippen MR) is 70.4 cm³/mol. The Labute approximate surface area is 109 Å². The topological polar surface area (TPSA) is 16.1 Å². The molecule has 0 aromatic carbocycles. The van der Waals surface area contributed by atoms with Crippen molar-refractivity contribution in [2.24, 2.45) is 5.92 Å². The zero-order chi connectivity index (χ0) is 9.38. The molecule has 0 amide bonds. The predicted octanol–water partition coefficient (Wildman–Crippen LogP) is 3.08. The minimum absolute atomic E-state index is 0. The molecule has 90 valence electrons. The molecule has 3 fully saturated rings. The third-order valence-corrected chi connectivity index (χ3v) is 3.72. The Morgan fingerprint density at radius 2 is 1.94 bits per heavy atom. The first-order valence-electron chi connectivity index (χ1n) is 5.57. The van der Waals surface area contributed by atoms with E-state index in [9.17, 15) is 0 Å². The summed E-state index contributed by atoms with van der Waals surface area (Å²) in [5.41, 5.74) is 1.41. The van der Waals surface area contributed by atoms with E-state index < -0.39 is 0 Å². The molecule has 3 aliphatic rings. The Bertz CT molecular complexity index is 310. The molecule has 3 saturated heterocycles. The van der Waals surface area contributed by atoms with E-state index in [1.807, 2.05) is 12.4 Å². The van der Waals surface area contributed by atoms with E-state index in [1.165, 1.54) is 37.9 Å². The second-order valence-corrected chi connectivity index (χ2v) is 4.52. The van der Waals surface area contributed by atoms with Gasteiger partial charge in [-0.15, -0.1) is 24.8 Å². The fourth-order valence-electron chi connectivity index (χ4n) is 2.89. The molecule has 1 atom stereocenters. The van der Waals surface area contributed by atoms with Gasteiger partial charge in [-0.3, -0.25) is 9.88 Å². The number of hydrogen-bond donors (Lipinski definition) is 0. The Morgan fingerprint density at radius 3 is 2.44 bits per heavy atom. The highest BCUT2D eigenvalue weighted by atomic mass is 35.5. The van der Waals surface area contributed by atoms with Crippen LogP contribution in [0.5, 0.6) is 0 Å². The molecular weight excluding hydrogens is 243 g/mol. The lowest BCUT2D eigenvalue weighted by Crippen LogP contribution is -2.43. The average molecular weight is 261 g/mol. The van der Waals surface area contributed by atoms with Gasteiger partial charge in [-0.05, 0) is 49.9 Å². The molecule has 2 nitrogen and oxygen atoms in total. The number of fused-ring (bicyclic) bond motifs is 3. The minimum atomic E-state index is 0. The van der Waals surface area contributed by atoms with E-state index >= 15 is 0 Å². The van der Waals surface area contributed by atoms with Crippen molar-refractivity contribution in [1.29, 1.82) is 0 Å². The lowest BCUT2D eigenvalue weighted by molar-refractivity contribution is 0.0489. The number of piperidine rings is 3. The largest absolute Gasteiger partial charge is 0.296 e. The van der Waals surface area contributed by atoms with Gasteiger partial charge in [0.25, 0.3) is 0 Å². The molecule has 4 heteroatoms. The molecule has 0 N–H and O–H groups in total. The molecule has 4 rings (SSSR count). The average Bonchev–Trinajstić information content (AvgIpc) is 2.32. The maximum Gasteiger partial charge on any atom is 0.0366 e. The first-order chi connectivity index (χ1) is 6.93. The van der Waals surface area contributed by atoms with Gasteiger partial charge in [0.2, 0.25) is 0 Å². The quantitative estimate of drug-likeness (QED) is 0.772. The minimum Gasteiger partial charge on any atom is -0.296 e. The van der Waals surface area contributed by atoms with Crippen LogP contribution in [0.2, 0.25) is 0 Å². The molecule has 16 heavy (non-hydrogen) atoms. The van der Waals surface area contributed by atoms with Crippen LogP contribution in [0.3, 0.4) is 0 Å². The summed E-state index contributed by atoms with van der Waals surface area (Å²) in [5, 5.41) is 0. The van der Waals surface area contributed by atoms with Crippen LogP contribution >= 0.6 is 24.8 Å². The summed E-state index contributed by atoms with van der Waals surface area (Å²) in [6.45, 7) is 2.59. The second-order valence-electron chi connectivity index (χ2n) is 4.52. The number of hydrogen-bond acceptors (Lipinski definition) is 2. The number of aromatic nitrogens is 1. The van der Waals surface area contributed by atoms with Crippen LogP contribution in [0.25, 0.3) is 0 Å². The molecule has 1 unspecified atom stereocenters. The fraction of sp³-hybridized carbons (Fsp3) is 0.583. The number of halogens is 2. The highest BCUT2D eigenvalue weighted by Gasteiger charge is 2.34. The summed E-state index contributed by atoms with van der Waals surface area (Å²) < 4.78 is 0. The van der Waals surface area contributed by atoms with Crippen LogP contribution in [0.1, 0.15) is 30.9 Å². The number of rotatable bonds is 1. The molecule has 0 spiro atoms. The Morgan fingerprint density at radius 1 is 1.19 bits per heavy atom. The summed E-state index contributed by atoms with van der Waals surface area (Å²) >= 11 is 0. The van der Waals surface area contributed by atoms with Crippen molar-refractivity contribution in [2.45, 2.75) is 25.3 Å². The molecule has 4 heterocycles. The number of nitrogens with zero attached hydrogens (tertiary/aromatic N) is 2. The maximum absolute atomic E-state index is 4.22. The molecule has 1 aromatic heterocycles. The van der Waals surface area contributed by atoms with Crippen molar-refractivity contribution >= 4 is 24.8 Å². The van der Waals surface area contributed by atoms with Crippen LogP contribution in [0.15, 0.2) is 24.5 Å². The first kappa shape index (κ1) is 13.8. The first-order valence-corrected chi connectivity index (χ1v) is 5.57.